The second-order valence-corrected chi connectivity index (χ2v) is 4.66. The fourth-order valence-electron chi connectivity index (χ4n) is 1.39. The van der Waals surface area contributed by atoms with Gasteiger partial charge in [-0.05, 0) is 11.8 Å². The van der Waals surface area contributed by atoms with E-state index >= 15 is 0 Å². The average molecular weight is 184 g/mol. The zero-order chi connectivity index (χ0) is 10.2. The van der Waals surface area contributed by atoms with Crippen molar-refractivity contribution in [3.63, 3.8) is 0 Å². The minimum atomic E-state index is -0.336. The van der Waals surface area contributed by atoms with Gasteiger partial charge >= 0.3 is 6.03 Å². The third-order valence-corrected chi connectivity index (χ3v) is 2.05. The average Bonchev–Trinajstić information content (AvgIpc) is 2.15. The summed E-state index contributed by atoms with van der Waals surface area (Å²) in [7, 11) is 1.50. The lowest BCUT2D eigenvalue weighted by molar-refractivity contribution is -0.127. The Morgan fingerprint density at radius 3 is 2.23 bits per heavy atom. The van der Waals surface area contributed by atoms with Crippen molar-refractivity contribution in [1.29, 1.82) is 0 Å². The van der Waals surface area contributed by atoms with E-state index < -0.39 is 0 Å². The van der Waals surface area contributed by atoms with Gasteiger partial charge in [0.15, 0.2) is 0 Å². The van der Waals surface area contributed by atoms with Crippen LogP contribution in [0.5, 0.6) is 0 Å². The highest BCUT2D eigenvalue weighted by Crippen LogP contribution is 2.23. The maximum atomic E-state index is 11.4. The molecule has 1 fully saturated rings. The first-order valence-electron chi connectivity index (χ1n) is 4.39. The van der Waals surface area contributed by atoms with Crippen molar-refractivity contribution < 1.29 is 9.59 Å². The molecule has 0 bridgehead atoms. The van der Waals surface area contributed by atoms with E-state index in [4.69, 9.17) is 0 Å². The summed E-state index contributed by atoms with van der Waals surface area (Å²) < 4.78 is 0. The van der Waals surface area contributed by atoms with Gasteiger partial charge in [0.2, 0.25) is 0 Å². The first-order valence-corrected chi connectivity index (χ1v) is 4.39. The summed E-state index contributed by atoms with van der Waals surface area (Å²) in [5.74, 6) is -0.125. The molecule has 3 amide bonds. The summed E-state index contributed by atoms with van der Waals surface area (Å²) in [5.41, 5.74) is 0.0544. The van der Waals surface area contributed by atoms with Gasteiger partial charge in [0.1, 0.15) is 6.04 Å². The molecule has 0 aromatic carbocycles. The van der Waals surface area contributed by atoms with Crippen LogP contribution < -0.4 is 5.32 Å². The molecule has 0 aromatic heterocycles. The molecule has 0 radical (unpaired) electrons. The SMILES string of the molecule is CN1C(=O)NC(CC(C)(C)C)C1=O. The molecule has 1 aliphatic heterocycles. The summed E-state index contributed by atoms with van der Waals surface area (Å²) in [6, 6.07) is -0.628. The van der Waals surface area contributed by atoms with Crippen LogP contribution in [0.2, 0.25) is 0 Å². The first kappa shape index (κ1) is 10.0. The molecular formula is C9H16N2O2. The number of carbonyl (C=O) groups is 2. The molecule has 1 rings (SSSR count). The number of nitrogens with one attached hydrogen (secondary N) is 1. The fraction of sp³-hybridized carbons (Fsp3) is 0.778. The molecule has 0 saturated carbocycles. The van der Waals surface area contributed by atoms with E-state index in [-0.39, 0.29) is 23.4 Å². The molecule has 0 spiro atoms. The highest BCUT2D eigenvalue weighted by atomic mass is 16.2. The Labute approximate surface area is 78.3 Å². The van der Waals surface area contributed by atoms with Crippen molar-refractivity contribution in [2.45, 2.75) is 33.2 Å². The quantitative estimate of drug-likeness (QED) is 0.617. The third-order valence-electron chi connectivity index (χ3n) is 2.05. The third kappa shape index (κ3) is 2.20. The standard InChI is InChI=1S/C9H16N2O2/c1-9(2,3)5-6-7(12)11(4)8(13)10-6/h6H,5H2,1-4H3,(H,10,13). The maximum absolute atomic E-state index is 11.4. The molecule has 4 heteroatoms. The normalized spacial score (nSPS) is 23.7. The van der Waals surface area contributed by atoms with E-state index in [2.05, 4.69) is 5.32 Å². The highest BCUT2D eigenvalue weighted by molar-refractivity contribution is 6.03. The summed E-state index contributed by atoms with van der Waals surface area (Å²) in [5, 5.41) is 2.65. The lowest BCUT2D eigenvalue weighted by atomic mass is 9.88. The van der Waals surface area contributed by atoms with Crippen LogP contribution in [0.3, 0.4) is 0 Å². The number of amides is 3. The molecule has 4 nitrogen and oxygen atoms in total. The lowest BCUT2D eigenvalue weighted by Crippen LogP contribution is -2.33. The second-order valence-electron chi connectivity index (χ2n) is 4.66. The molecule has 1 N–H and O–H groups in total. The molecule has 74 valence electrons. The molecule has 0 aliphatic carbocycles. The largest absolute Gasteiger partial charge is 0.326 e. The zero-order valence-corrected chi connectivity index (χ0v) is 8.55. The Morgan fingerprint density at radius 1 is 1.38 bits per heavy atom. The molecule has 1 atom stereocenters. The van der Waals surface area contributed by atoms with Gasteiger partial charge in [-0.3, -0.25) is 9.69 Å². The Kier molecular flexibility index (Phi) is 2.32. The smallest absolute Gasteiger partial charge is 0.324 e. The number of nitrogens with zero attached hydrogens (tertiary/aromatic N) is 1. The molecule has 1 saturated heterocycles. The van der Waals surface area contributed by atoms with Crippen LogP contribution in [0.25, 0.3) is 0 Å². The van der Waals surface area contributed by atoms with Gasteiger partial charge in [0.05, 0.1) is 0 Å². The van der Waals surface area contributed by atoms with Crippen LogP contribution in [0.15, 0.2) is 0 Å². The predicted octanol–water partition coefficient (Wildman–Crippen LogP) is 0.973. The maximum Gasteiger partial charge on any atom is 0.324 e. The predicted molar refractivity (Wildman–Crippen MR) is 49.2 cm³/mol. The van der Waals surface area contributed by atoms with E-state index in [9.17, 15) is 9.59 Å². The van der Waals surface area contributed by atoms with E-state index in [1.54, 1.807) is 0 Å². The number of urea groups is 1. The van der Waals surface area contributed by atoms with Crippen LogP contribution in [0.4, 0.5) is 4.79 Å². The lowest BCUT2D eigenvalue weighted by Gasteiger charge is -2.20. The summed E-state index contributed by atoms with van der Waals surface area (Å²) in [4.78, 5) is 23.6. The highest BCUT2D eigenvalue weighted by Gasteiger charge is 2.37. The van der Waals surface area contributed by atoms with E-state index in [0.717, 1.165) is 4.90 Å². The zero-order valence-electron chi connectivity index (χ0n) is 8.55. The van der Waals surface area contributed by atoms with Crippen molar-refractivity contribution >= 4 is 11.9 Å². The van der Waals surface area contributed by atoms with Crippen molar-refractivity contribution in [1.82, 2.24) is 10.2 Å². The van der Waals surface area contributed by atoms with Gasteiger partial charge < -0.3 is 5.32 Å². The van der Waals surface area contributed by atoms with Crippen molar-refractivity contribution in [3.8, 4) is 0 Å². The number of rotatable bonds is 1. The van der Waals surface area contributed by atoms with Crippen LogP contribution in [0, 0.1) is 5.41 Å². The summed E-state index contributed by atoms with van der Waals surface area (Å²) in [6.45, 7) is 6.14. The number of hydrogen-bond acceptors (Lipinski definition) is 2. The van der Waals surface area contributed by atoms with Crippen molar-refractivity contribution in [3.05, 3.63) is 0 Å². The first-order chi connectivity index (χ1) is 5.81. The Balaban J connectivity index is 2.65. The van der Waals surface area contributed by atoms with E-state index in [1.165, 1.54) is 7.05 Å². The Hall–Kier alpha value is -1.06. The number of imide groups is 1. The molecule has 1 aliphatic rings. The topological polar surface area (TPSA) is 49.4 Å². The molecule has 0 aromatic rings. The van der Waals surface area contributed by atoms with Crippen LogP contribution >= 0.6 is 0 Å². The van der Waals surface area contributed by atoms with Crippen LogP contribution in [0.1, 0.15) is 27.2 Å². The van der Waals surface area contributed by atoms with Crippen LogP contribution in [-0.2, 0) is 4.79 Å². The van der Waals surface area contributed by atoms with Gasteiger partial charge in [0, 0.05) is 7.05 Å². The fourth-order valence-corrected chi connectivity index (χ4v) is 1.39. The van der Waals surface area contributed by atoms with E-state index in [0.29, 0.717) is 6.42 Å². The Bertz CT molecular complexity index is 242. The molecular weight excluding hydrogens is 168 g/mol. The molecule has 13 heavy (non-hydrogen) atoms. The van der Waals surface area contributed by atoms with Gasteiger partial charge in [0.25, 0.3) is 5.91 Å². The molecule has 1 unspecified atom stereocenters. The van der Waals surface area contributed by atoms with Gasteiger partial charge in [-0.1, -0.05) is 20.8 Å². The number of hydrogen-bond donors (Lipinski definition) is 1. The van der Waals surface area contributed by atoms with E-state index in [1.807, 2.05) is 20.8 Å². The van der Waals surface area contributed by atoms with Crippen LogP contribution in [-0.4, -0.2) is 29.9 Å². The minimum Gasteiger partial charge on any atom is -0.326 e. The van der Waals surface area contributed by atoms with Crippen molar-refractivity contribution in [2.75, 3.05) is 7.05 Å². The molecule has 1 heterocycles. The number of carbonyl (C=O) groups excluding carboxylic acids is 2. The second kappa shape index (κ2) is 3.01. The van der Waals surface area contributed by atoms with Crippen molar-refractivity contribution in [2.24, 2.45) is 5.41 Å². The minimum absolute atomic E-state index is 0.0544. The van der Waals surface area contributed by atoms with Gasteiger partial charge in [-0.25, -0.2) is 4.79 Å². The Morgan fingerprint density at radius 2 is 1.92 bits per heavy atom. The summed E-state index contributed by atoms with van der Waals surface area (Å²) in [6.07, 6.45) is 0.682. The van der Waals surface area contributed by atoms with Gasteiger partial charge in [-0.2, -0.15) is 0 Å². The number of likely N-dealkylation sites (N-methyl/N-ethyl adjacent to an activating group) is 1. The summed E-state index contributed by atoms with van der Waals surface area (Å²) >= 11 is 0. The monoisotopic (exact) mass is 184 g/mol. The van der Waals surface area contributed by atoms with Gasteiger partial charge in [-0.15, -0.1) is 0 Å².